The van der Waals surface area contributed by atoms with Gasteiger partial charge in [-0.15, -0.1) is 11.3 Å². The number of thiophene rings is 1. The number of anilines is 1. The summed E-state index contributed by atoms with van der Waals surface area (Å²) in [6.07, 6.45) is 0. The number of nitrogens with zero attached hydrogens (tertiary/aromatic N) is 1. The summed E-state index contributed by atoms with van der Waals surface area (Å²) in [7, 11) is 0. The molecule has 2 nitrogen and oxygen atoms in total. The van der Waals surface area contributed by atoms with Gasteiger partial charge in [-0.1, -0.05) is 37.6 Å². The average Bonchev–Trinajstić information content (AvgIpc) is 2.89. The van der Waals surface area contributed by atoms with Crippen LogP contribution in [0.15, 0.2) is 35.7 Å². The van der Waals surface area contributed by atoms with Gasteiger partial charge in [-0.2, -0.15) is 5.26 Å². The van der Waals surface area contributed by atoms with Gasteiger partial charge in [0.2, 0.25) is 0 Å². The third-order valence-corrected chi connectivity index (χ3v) is 4.22. The van der Waals surface area contributed by atoms with E-state index in [4.69, 9.17) is 11.6 Å². The summed E-state index contributed by atoms with van der Waals surface area (Å²) in [6, 6.07) is 12.0. The monoisotopic (exact) mass is 290 g/mol. The quantitative estimate of drug-likeness (QED) is 0.852. The zero-order valence-electron chi connectivity index (χ0n) is 10.9. The molecule has 1 heterocycles. The maximum Gasteiger partial charge on any atom is 0.103 e. The lowest BCUT2D eigenvalue weighted by Crippen LogP contribution is -2.16. The first-order chi connectivity index (χ1) is 9.13. The van der Waals surface area contributed by atoms with E-state index in [0.717, 1.165) is 5.69 Å². The Balaban J connectivity index is 2.34. The number of nitrogens with one attached hydrogen (secondary N) is 1. The number of nitriles is 1. The van der Waals surface area contributed by atoms with Crippen LogP contribution in [0.5, 0.6) is 0 Å². The maximum absolute atomic E-state index is 9.21. The zero-order valence-corrected chi connectivity index (χ0v) is 12.4. The van der Waals surface area contributed by atoms with Gasteiger partial charge >= 0.3 is 0 Å². The van der Waals surface area contributed by atoms with Gasteiger partial charge in [0.1, 0.15) is 6.07 Å². The van der Waals surface area contributed by atoms with E-state index in [2.05, 4.69) is 36.7 Å². The van der Waals surface area contributed by atoms with Crippen molar-refractivity contribution in [1.29, 1.82) is 5.26 Å². The van der Waals surface area contributed by atoms with Crippen LogP contribution in [-0.2, 0) is 0 Å². The van der Waals surface area contributed by atoms with Crippen molar-refractivity contribution in [2.45, 2.75) is 19.9 Å². The molecule has 1 atom stereocenters. The van der Waals surface area contributed by atoms with Gasteiger partial charge < -0.3 is 5.32 Å². The van der Waals surface area contributed by atoms with Crippen molar-refractivity contribution in [1.82, 2.24) is 0 Å². The lowest BCUT2D eigenvalue weighted by Gasteiger charge is -2.23. The van der Waals surface area contributed by atoms with Crippen molar-refractivity contribution in [3.8, 4) is 6.07 Å². The smallest absolute Gasteiger partial charge is 0.103 e. The molecule has 0 saturated carbocycles. The first kappa shape index (κ1) is 13.9. The topological polar surface area (TPSA) is 35.8 Å². The zero-order chi connectivity index (χ0) is 13.8. The number of rotatable bonds is 4. The lowest BCUT2D eigenvalue weighted by molar-refractivity contribution is 0.553. The largest absolute Gasteiger partial charge is 0.376 e. The van der Waals surface area contributed by atoms with Crippen LogP contribution in [0.4, 0.5) is 5.69 Å². The molecule has 0 amide bonds. The second-order valence-electron chi connectivity index (χ2n) is 4.66. The summed E-state index contributed by atoms with van der Waals surface area (Å²) < 4.78 is 0. The fraction of sp³-hybridized carbons (Fsp3) is 0.267. The number of hydrogen-bond donors (Lipinski definition) is 1. The van der Waals surface area contributed by atoms with Crippen LogP contribution in [0, 0.1) is 17.2 Å². The normalized spacial score (nSPS) is 12.2. The summed E-state index contributed by atoms with van der Waals surface area (Å²) in [5.41, 5.74) is 1.30. The summed E-state index contributed by atoms with van der Waals surface area (Å²) in [5.74, 6) is 0.421. The van der Waals surface area contributed by atoms with Crippen LogP contribution in [0.3, 0.4) is 0 Å². The molecule has 0 aliphatic heterocycles. The van der Waals surface area contributed by atoms with Crippen LogP contribution in [0.2, 0.25) is 5.02 Å². The summed E-state index contributed by atoms with van der Waals surface area (Å²) >= 11 is 7.78. The van der Waals surface area contributed by atoms with Gasteiger partial charge in [0, 0.05) is 4.88 Å². The minimum absolute atomic E-state index is 0.186. The van der Waals surface area contributed by atoms with Gasteiger partial charge in [-0.05, 0) is 29.5 Å². The predicted molar refractivity (Wildman–Crippen MR) is 81.7 cm³/mol. The minimum atomic E-state index is 0.186. The Hall–Kier alpha value is -1.50. The molecule has 4 heteroatoms. The molecule has 1 N–H and O–H groups in total. The molecule has 2 rings (SSSR count). The van der Waals surface area contributed by atoms with Gasteiger partial charge in [0.15, 0.2) is 0 Å². The van der Waals surface area contributed by atoms with Crippen LogP contribution in [-0.4, -0.2) is 0 Å². The molecule has 0 fully saturated rings. The Bertz CT molecular complexity index is 585. The molecule has 0 saturated heterocycles. The summed E-state index contributed by atoms with van der Waals surface area (Å²) in [6.45, 7) is 4.32. The average molecular weight is 291 g/mol. The second-order valence-corrected chi connectivity index (χ2v) is 6.04. The maximum atomic E-state index is 9.21. The van der Waals surface area contributed by atoms with Crippen molar-refractivity contribution >= 4 is 28.6 Å². The fourth-order valence-corrected chi connectivity index (χ4v) is 3.13. The van der Waals surface area contributed by atoms with E-state index in [1.807, 2.05) is 18.2 Å². The van der Waals surface area contributed by atoms with Gasteiger partial charge in [0.05, 0.1) is 22.3 Å². The standard InChI is InChI=1S/C15H15ClN2S/c1-10(2)15(14-7-4-8-19-14)18-13-6-3-5-12(16)11(13)9-17/h3-8,10,15,18H,1-2H3. The second kappa shape index (κ2) is 6.10. The highest BCUT2D eigenvalue weighted by atomic mass is 35.5. The van der Waals surface area contributed by atoms with Gasteiger partial charge in [-0.25, -0.2) is 0 Å². The highest BCUT2D eigenvalue weighted by molar-refractivity contribution is 7.10. The third-order valence-electron chi connectivity index (χ3n) is 2.95. The number of halogens is 1. The molecule has 19 heavy (non-hydrogen) atoms. The van der Waals surface area contributed by atoms with Crippen molar-refractivity contribution in [2.24, 2.45) is 5.92 Å². The lowest BCUT2D eigenvalue weighted by atomic mass is 10.0. The summed E-state index contributed by atoms with van der Waals surface area (Å²) in [5, 5.41) is 15.2. The van der Waals surface area contributed by atoms with Crippen LogP contribution in [0.1, 0.15) is 30.3 Å². The van der Waals surface area contributed by atoms with Gasteiger partial charge in [-0.3, -0.25) is 0 Å². The Morgan fingerprint density at radius 3 is 2.63 bits per heavy atom. The number of hydrogen-bond acceptors (Lipinski definition) is 3. The van der Waals surface area contributed by atoms with Crippen molar-refractivity contribution < 1.29 is 0 Å². The molecule has 98 valence electrons. The van der Waals surface area contributed by atoms with Crippen LogP contribution >= 0.6 is 22.9 Å². The molecule has 1 aromatic carbocycles. The molecule has 2 aromatic rings. The molecule has 0 spiro atoms. The Morgan fingerprint density at radius 1 is 1.26 bits per heavy atom. The summed E-state index contributed by atoms with van der Waals surface area (Å²) in [4.78, 5) is 1.26. The highest BCUT2D eigenvalue weighted by Gasteiger charge is 2.18. The molecular weight excluding hydrogens is 276 g/mol. The number of benzene rings is 1. The molecule has 1 unspecified atom stereocenters. The Kier molecular flexibility index (Phi) is 4.47. The van der Waals surface area contributed by atoms with Crippen LogP contribution < -0.4 is 5.32 Å². The van der Waals surface area contributed by atoms with E-state index in [0.29, 0.717) is 16.5 Å². The SMILES string of the molecule is CC(C)C(Nc1cccc(Cl)c1C#N)c1cccs1. The minimum Gasteiger partial charge on any atom is -0.376 e. The first-order valence-corrected chi connectivity index (χ1v) is 7.37. The molecular formula is C15H15ClN2S. The Morgan fingerprint density at radius 2 is 2.05 bits per heavy atom. The van der Waals surface area contributed by atoms with Gasteiger partial charge in [0.25, 0.3) is 0 Å². The van der Waals surface area contributed by atoms with Crippen molar-refractivity contribution in [3.63, 3.8) is 0 Å². The molecule has 1 aromatic heterocycles. The van der Waals surface area contributed by atoms with Crippen LogP contribution in [0.25, 0.3) is 0 Å². The molecule has 0 aliphatic rings. The van der Waals surface area contributed by atoms with E-state index in [9.17, 15) is 5.26 Å². The van der Waals surface area contributed by atoms with Crippen molar-refractivity contribution in [2.75, 3.05) is 5.32 Å². The fourth-order valence-electron chi connectivity index (χ4n) is 1.96. The first-order valence-electron chi connectivity index (χ1n) is 6.12. The Labute approximate surface area is 122 Å². The molecule has 0 radical (unpaired) electrons. The predicted octanol–water partition coefficient (Wildman–Crippen LogP) is 5.08. The molecule has 0 aliphatic carbocycles. The highest BCUT2D eigenvalue weighted by Crippen LogP contribution is 2.32. The van der Waals surface area contributed by atoms with E-state index in [1.54, 1.807) is 17.4 Å². The van der Waals surface area contributed by atoms with E-state index in [-0.39, 0.29) is 6.04 Å². The van der Waals surface area contributed by atoms with E-state index >= 15 is 0 Å². The van der Waals surface area contributed by atoms with E-state index in [1.165, 1.54) is 4.88 Å². The molecule has 0 bridgehead atoms. The van der Waals surface area contributed by atoms with E-state index < -0.39 is 0 Å². The third kappa shape index (κ3) is 3.09. The van der Waals surface area contributed by atoms with Crippen molar-refractivity contribution in [3.05, 3.63) is 51.2 Å².